The Hall–Kier alpha value is -2.12. The van der Waals surface area contributed by atoms with Gasteiger partial charge in [-0.25, -0.2) is 0 Å². The SMILES string of the molecule is Cc1ccc(CCC(=O)Nc2ccc(Br)cc2C#N)cc1. The van der Waals surface area contributed by atoms with Gasteiger partial charge in [-0.3, -0.25) is 4.79 Å². The summed E-state index contributed by atoms with van der Waals surface area (Å²) < 4.78 is 0.816. The first-order valence-electron chi connectivity index (χ1n) is 6.63. The number of nitrogens with zero attached hydrogens (tertiary/aromatic N) is 1. The highest BCUT2D eigenvalue weighted by Gasteiger charge is 2.07. The molecule has 0 atom stereocenters. The fraction of sp³-hybridized carbons (Fsp3) is 0.176. The molecule has 0 heterocycles. The Morgan fingerprint density at radius 1 is 1.24 bits per heavy atom. The summed E-state index contributed by atoms with van der Waals surface area (Å²) in [5.41, 5.74) is 3.34. The van der Waals surface area contributed by atoms with E-state index < -0.39 is 0 Å². The summed E-state index contributed by atoms with van der Waals surface area (Å²) in [5.74, 6) is -0.0885. The van der Waals surface area contributed by atoms with Crippen molar-refractivity contribution >= 4 is 27.5 Å². The van der Waals surface area contributed by atoms with Crippen molar-refractivity contribution < 1.29 is 4.79 Å². The Morgan fingerprint density at radius 3 is 2.62 bits per heavy atom. The Kier molecular flexibility index (Phi) is 5.13. The van der Waals surface area contributed by atoms with Crippen molar-refractivity contribution in [3.05, 3.63) is 63.6 Å². The molecular formula is C17H15BrN2O. The standard InChI is InChI=1S/C17H15BrN2O/c1-12-2-4-13(5-3-12)6-9-17(21)20-16-8-7-15(18)10-14(16)11-19/h2-5,7-8,10H,6,9H2,1H3,(H,20,21). The number of hydrogen-bond acceptors (Lipinski definition) is 2. The molecule has 1 N–H and O–H groups in total. The monoisotopic (exact) mass is 342 g/mol. The van der Waals surface area contributed by atoms with Crippen LogP contribution in [0.15, 0.2) is 46.9 Å². The molecule has 0 aromatic heterocycles. The molecule has 0 fully saturated rings. The largest absolute Gasteiger partial charge is 0.325 e. The minimum atomic E-state index is -0.0885. The fourth-order valence-electron chi connectivity index (χ4n) is 1.94. The van der Waals surface area contributed by atoms with Gasteiger partial charge >= 0.3 is 0 Å². The molecule has 0 saturated carbocycles. The number of rotatable bonds is 4. The van der Waals surface area contributed by atoms with Crippen LogP contribution in [0.4, 0.5) is 5.69 Å². The van der Waals surface area contributed by atoms with Gasteiger partial charge in [0.2, 0.25) is 5.91 Å². The zero-order valence-electron chi connectivity index (χ0n) is 11.7. The van der Waals surface area contributed by atoms with Crippen molar-refractivity contribution in [3.8, 4) is 6.07 Å². The number of halogens is 1. The normalized spacial score (nSPS) is 9.95. The third-order valence-electron chi connectivity index (χ3n) is 3.14. The number of amides is 1. The van der Waals surface area contributed by atoms with Crippen molar-refractivity contribution in [2.75, 3.05) is 5.32 Å². The quantitative estimate of drug-likeness (QED) is 0.905. The smallest absolute Gasteiger partial charge is 0.224 e. The van der Waals surface area contributed by atoms with Crippen molar-refractivity contribution in [1.29, 1.82) is 5.26 Å². The molecule has 106 valence electrons. The van der Waals surface area contributed by atoms with Gasteiger partial charge in [-0.2, -0.15) is 5.26 Å². The van der Waals surface area contributed by atoms with E-state index in [1.165, 1.54) is 5.56 Å². The zero-order chi connectivity index (χ0) is 15.2. The van der Waals surface area contributed by atoms with Gasteiger partial charge in [0.05, 0.1) is 11.3 Å². The van der Waals surface area contributed by atoms with Gasteiger partial charge in [-0.15, -0.1) is 0 Å². The molecule has 2 aromatic rings. The predicted molar refractivity (Wildman–Crippen MR) is 87.0 cm³/mol. The maximum absolute atomic E-state index is 12.0. The first-order valence-corrected chi connectivity index (χ1v) is 7.43. The molecule has 2 rings (SSSR count). The molecule has 0 aliphatic rings. The van der Waals surface area contributed by atoms with Crippen molar-refractivity contribution in [2.45, 2.75) is 19.8 Å². The molecule has 0 aliphatic carbocycles. The number of carbonyl (C=O) groups is 1. The van der Waals surface area contributed by atoms with Crippen LogP contribution in [0.2, 0.25) is 0 Å². The van der Waals surface area contributed by atoms with E-state index in [0.717, 1.165) is 10.0 Å². The van der Waals surface area contributed by atoms with Gasteiger partial charge in [-0.1, -0.05) is 45.8 Å². The van der Waals surface area contributed by atoms with Crippen LogP contribution in [0.3, 0.4) is 0 Å². The van der Waals surface area contributed by atoms with Crippen LogP contribution in [-0.4, -0.2) is 5.91 Å². The molecule has 0 bridgehead atoms. The first-order chi connectivity index (χ1) is 10.1. The highest BCUT2D eigenvalue weighted by molar-refractivity contribution is 9.10. The van der Waals surface area contributed by atoms with E-state index >= 15 is 0 Å². The van der Waals surface area contributed by atoms with Crippen LogP contribution in [0.1, 0.15) is 23.1 Å². The van der Waals surface area contributed by atoms with Crippen LogP contribution >= 0.6 is 15.9 Å². The Labute approximate surface area is 132 Å². The summed E-state index contributed by atoms with van der Waals surface area (Å²) in [7, 11) is 0. The van der Waals surface area contributed by atoms with E-state index in [1.807, 2.05) is 31.2 Å². The van der Waals surface area contributed by atoms with Crippen LogP contribution in [0, 0.1) is 18.3 Å². The lowest BCUT2D eigenvalue weighted by Gasteiger charge is -2.07. The second-order valence-corrected chi connectivity index (χ2v) is 5.75. The lowest BCUT2D eigenvalue weighted by Crippen LogP contribution is -2.13. The van der Waals surface area contributed by atoms with E-state index in [-0.39, 0.29) is 5.91 Å². The number of anilines is 1. The Bertz CT molecular complexity index is 687. The maximum atomic E-state index is 12.0. The van der Waals surface area contributed by atoms with Crippen LogP contribution in [0.5, 0.6) is 0 Å². The number of aryl methyl sites for hydroxylation is 2. The molecule has 0 radical (unpaired) electrons. The van der Waals surface area contributed by atoms with Crippen molar-refractivity contribution in [1.82, 2.24) is 0 Å². The van der Waals surface area contributed by atoms with Crippen LogP contribution in [0.25, 0.3) is 0 Å². The summed E-state index contributed by atoms with van der Waals surface area (Å²) in [6.45, 7) is 2.04. The molecule has 21 heavy (non-hydrogen) atoms. The van der Waals surface area contributed by atoms with Gasteiger partial charge in [-0.05, 0) is 37.1 Å². The van der Waals surface area contributed by atoms with Gasteiger partial charge in [0.15, 0.2) is 0 Å². The number of hydrogen-bond donors (Lipinski definition) is 1. The Balaban J connectivity index is 1.96. The highest BCUT2D eigenvalue weighted by atomic mass is 79.9. The molecule has 2 aromatic carbocycles. The number of nitriles is 1. The van der Waals surface area contributed by atoms with E-state index in [0.29, 0.717) is 24.1 Å². The Morgan fingerprint density at radius 2 is 1.95 bits per heavy atom. The minimum absolute atomic E-state index is 0.0885. The summed E-state index contributed by atoms with van der Waals surface area (Å²) in [6.07, 6.45) is 1.08. The molecule has 0 unspecified atom stereocenters. The predicted octanol–water partition coefficient (Wildman–Crippen LogP) is 4.20. The average molecular weight is 343 g/mol. The number of carbonyl (C=O) groups excluding carboxylic acids is 1. The summed E-state index contributed by atoms with van der Waals surface area (Å²) in [6, 6.07) is 15.4. The van der Waals surface area contributed by atoms with Gasteiger partial charge < -0.3 is 5.32 Å². The van der Waals surface area contributed by atoms with Crippen LogP contribution in [-0.2, 0) is 11.2 Å². The third-order valence-corrected chi connectivity index (χ3v) is 3.63. The van der Waals surface area contributed by atoms with Gasteiger partial charge in [0.25, 0.3) is 0 Å². The van der Waals surface area contributed by atoms with E-state index in [1.54, 1.807) is 18.2 Å². The zero-order valence-corrected chi connectivity index (χ0v) is 13.3. The fourth-order valence-corrected chi connectivity index (χ4v) is 2.30. The topological polar surface area (TPSA) is 52.9 Å². The molecule has 3 nitrogen and oxygen atoms in total. The van der Waals surface area contributed by atoms with Gasteiger partial charge in [0, 0.05) is 10.9 Å². The number of nitrogens with one attached hydrogen (secondary N) is 1. The average Bonchev–Trinajstić information content (AvgIpc) is 2.48. The van der Waals surface area contributed by atoms with E-state index in [4.69, 9.17) is 5.26 Å². The van der Waals surface area contributed by atoms with Gasteiger partial charge in [0.1, 0.15) is 6.07 Å². The minimum Gasteiger partial charge on any atom is -0.325 e. The molecule has 1 amide bonds. The molecule has 0 saturated heterocycles. The number of benzene rings is 2. The lowest BCUT2D eigenvalue weighted by atomic mass is 10.1. The lowest BCUT2D eigenvalue weighted by molar-refractivity contribution is -0.116. The van der Waals surface area contributed by atoms with Crippen molar-refractivity contribution in [2.24, 2.45) is 0 Å². The first kappa shape index (κ1) is 15.3. The van der Waals surface area contributed by atoms with Crippen LogP contribution < -0.4 is 5.32 Å². The molecule has 0 spiro atoms. The maximum Gasteiger partial charge on any atom is 0.224 e. The second kappa shape index (κ2) is 7.05. The third kappa shape index (κ3) is 4.44. The highest BCUT2D eigenvalue weighted by Crippen LogP contribution is 2.20. The summed E-state index contributed by atoms with van der Waals surface area (Å²) in [5, 5.41) is 11.9. The van der Waals surface area contributed by atoms with E-state index in [2.05, 4.69) is 27.3 Å². The van der Waals surface area contributed by atoms with Crippen molar-refractivity contribution in [3.63, 3.8) is 0 Å². The summed E-state index contributed by atoms with van der Waals surface area (Å²) >= 11 is 3.31. The second-order valence-electron chi connectivity index (χ2n) is 4.84. The molecule has 4 heteroatoms. The summed E-state index contributed by atoms with van der Waals surface area (Å²) in [4.78, 5) is 12.0. The van der Waals surface area contributed by atoms with E-state index in [9.17, 15) is 4.79 Å². The molecular weight excluding hydrogens is 328 g/mol. The molecule has 0 aliphatic heterocycles.